The molecule has 0 unspecified atom stereocenters. The average Bonchev–Trinajstić information content (AvgIpc) is 2.76. The van der Waals surface area contributed by atoms with Gasteiger partial charge in [-0.05, 0) is 62.5 Å². The average molecular weight is 377 g/mol. The highest BCUT2D eigenvalue weighted by molar-refractivity contribution is 5.30. The van der Waals surface area contributed by atoms with Crippen molar-refractivity contribution in [3.8, 4) is 0 Å². The van der Waals surface area contributed by atoms with Gasteiger partial charge in [-0.3, -0.25) is 9.80 Å². The third kappa shape index (κ3) is 4.34. The van der Waals surface area contributed by atoms with Gasteiger partial charge in [0.25, 0.3) is 0 Å². The Bertz CT molecular complexity index is 709. The van der Waals surface area contributed by atoms with Gasteiger partial charge < -0.3 is 0 Å². The van der Waals surface area contributed by atoms with Crippen molar-refractivity contribution in [1.82, 2.24) is 9.80 Å². The second-order valence-electron chi connectivity index (χ2n) is 9.21. The predicted octanol–water partition coefficient (Wildman–Crippen LogP) is 5.14. The number of hydrogen-bond acceptors (Lipinski definition) is 2. The molecule has 28 heavy (non-hydrogen) atoms. The first kappa shape index (κ1) is 19.7. The molecular formula is C26H36N2. The summed E-state index contributed by atoms with van der Waals surface area (Å²) in [4.78, 5) is 5.42. The lowest BCUT2D eigenvalue weighted by Crippen LogP contribution is -2.53. The molecule has 0 N–H and O–H groups in total. The molecule has 0 atom stereocenters. The third-order valence-corrected chi connectivity index (χ3v) is 7.28. The van der Waals surface area contributed by atoms with Crippen molar-refractivity contribution >= 4 is 0 Å². The molecule has 0 aromatic heterocycles. The molecule has 1 saturated heterocycles. The van der Waals surface area contributed by atoms with Gasteiger partial charge in [0.1, 0.15) is 0 Å². The molecule has 2 aromatic carbocycles. The van der Waals surface area contributed by atoms with Crippen LogP contribution in [-0.4, -0.2) is 48.1 Å². The van der Waals surface area contributed by atoms with E-state index in [1.165, 1.54) is 63.8 Å². The summed E-state index contributed by atoms with van der Waals surface area (Å²) >= 11 is 0. The van der Waals surface area contributed by atoms with Crippen LogP contribution in [0.25, 0.3) is 0 Å². The minimum Gasteiger partial charge on any atom is -0.298 e. The maximum absolute atomic E-state index is 2.79. The van der Waals surface area contributed by atoms with Gasteiger partial charge in [0.15, 0.2) is 0 Å². The van der Waals surface area contributed by atoms with Crippen LogP contribution in [-0.2, 0) is 11.8 Å². The normalized spacial score (nSPS) is 27.2. The molecule has 0 spiro atoms. The van der Waals surface area contributed by atoms with Crippen molar-refractivity contribution in [1.29, 1.82) is 0 Å². The first-order valence-corrected chi connectivity index (χ1v) is 11.2. The van der Waals surface area contributed by atoms with E-state index in [-0.39, 0.29) is 0 Å². The summed E-state index contributed by atoms with van der Waals surface area (Å²) < 4.78 is 0. The number of rotatable bonds is 5. The van der Waals surface area contributed by atoms with E-state index >= 15 is 0 Å². The fraction of sp³-hybridized carbons (Fsp3) is 0.538. The molecule has 2 aromatic rings. The quantitative estimate of drug-likeness (QED) is 0.713. The Labute approximate surface area is 171 Å². The van der Waals surface area contributed by atoms with Gasteiger partial charge in [-0.2, -0.15) is 0 Å². The predicted molar refractivity (Wildman–Crippen MR) is 119 cm³/mol. The second kappa shape index (κ2) is 8.80. The van der Waals surface area contributed by atoms with Crippen molar-refractivity contribution in [2.45, 2.75) is 63.5 Å². The monoisotopic (exact) mass is 376 g/mol. The number of piperazine rings is 1. The van der Waals surface area contributed by atoms with Crippen LogP contribution >= 0.6 is 0 Å². The fourth-order valence-electron chi connectivity index (χ4n) is 5.49. The Balaban J connectivity index is 1.45. The lowest BCUT2D eigenvalue weighted by molar-refractivity contribution is 0.0528. The lowest BCUT2D eigenvalue weighted by Gasteiger charge is -2.47. The van der Waals surface area contributed by atoms with Gasteiger partial charge in [-0.25, -0.2) is 0 Å². The summed E-state index contributed by atoms with van der Waals surface area (Å²) in [5, 5.41) is 0. The molecule has 1 heterocycles. The summed E-state index contributed by atoms with van der Waals surface area (Å²) in [7, 11) is 0. The van der Waals surface area contributed by atoms with E-state index in [9.17, 15) is 0 Å². The molecule has 0 amide bonds. The van der Waals surface area contributed by atoms with E-state index in [1.807, 2.05) is 0 Å². The molecule has 2 aliphatic rings. The Hall–Kier alpha value is -1.64. The fourth-order valence-corrected chi connectivity index (χ4v) is 5.49. The van der Waals surface area contributed by atoms with E-state index in [0.29, 0.717) is 11.5 Å². The van der Waals surface area contributed by atoms with E-state index < -0.39 is 0 Å². The smallest absolute Gasteiger partial charge is 0.0113 e. The first-order chi connectivity index (χ1) is 13.7. The van der Waals surface area contributed by atoms with Crippen LogP contribution in [0.4, 0.5) is 0 Å². The van der Waals surface area contributed by atoms with E-state index in [4.69, 9.17) is 0 Å². The number of nitrogens with zero attached hydrogens (tertiary/aromatic N) is 2. The van der Waals surface area contributed by atoms with Crippen molar-refractivity contribution in [3.05, 3.63) is 71.8 Å². The maximum atomic E-state index is 2.79. The maximum Gasteiger partial charge on any atom is 0.0113 e. The van der Waals surface area contributed by atoms with Crippen LogP contribution in [0.2, 0.25) is 0 Å². The summed E-state index contributed by atoms with van der Waals surface area (Å²) in [6.45, 7) is 9.63. The molecule has 0 bridgehead atoms. The molecule has 1 aliphatic carbocycles. The highest BCUT2D eigenvalue weighted by Gasteiger charge is 2.39. The van der Waals surface area contributed by atoms with Gasteiger partial charge in [0, 0.05) is 38.3 Å². The van der Waals surface area contributed by atoms with Crippen LogP contribution in [0, 0.1) is 0 Å². The Kier molecular flexibility index (Phi) is 6.18. The standard InChI is InChI=1S/C26H36N2/c1-22(2)27-17-19-28(20-18-27)25-13-15-26(16-14-25,24-11-7-4-8-12-24)21-23-9-5-3-6-10-23/h3-12,22,25H,13-21H2,1-2H3. The summed E-state index contributed by atoms with van der Waals surface area (Å²) in [6.07, 6.45) is 6.46. The largest absolute Gasteiger partial charge is 0.298 e. The molecule has 4 rings (SSSR count). The lowest BCUT2D eigenvalue weighted by atomic mass is 9.65. The van der Waals surface area contributed by atoms with Crippen LogP contribution in [0.5, 0.6) is 0 Å². The number of hydrogen-bond donors (Lipinski definition) is 0. The summed E-state index contributed by atoms with van der Waals surface area (Å²) in [6, 6.07) is 23.9. The number of benzene rings is 2. The Morgan fingerprint density at radius 1 is 0.821 bits per heavy atom. The van der Waals surface area contributed by atoms with Crippen molar-refractivity contribution < 1.29 is 0 Å². The zero-order chi connectivity index (χ0) is 19.4. The van der Waals surface area contributed by atoms with Gasteiger partial charge in [0.2, 0.25) is 0 Å². The van der Waals surface area contributed by atoms with Crippen LogP contribution in [0.3, 0.4) is 0 Å². The molecule has 2 nitrogen and oxygen atoms in total. The topological polar surface area (TPSA) is 6.48 Å². The van der Waals surface area contributed by atoms with Gasteiger partial charge in [-0.15, -0.1) is 0 Å². The summed E-state index contributed by atoms with van der Waals surface area (Å²) in [5.74, 6) is 0. The zero-order valence-corrected chi connectivity index (χ0v) is 17.7. The van der Waals surface area contributed by atoms with Crippen LogP contribution in [0.15, 0.2) is 60.7 Å². The van der Waals surface area contributed by atoms with Crippen LogP contribution < -0.4 is 0 Å². The van der Waals surface area contributed by atoms with E-state index in [0.717, 1.165) is 6.04 Å². The molecule has 1 saturated carbocycles. The first-order valence-electron chi connectivity index (χ1n) is 11.2. The minimum absolute atomic E-state index is 0.304. The molecule has 0 radical (unpaired) electrons. The van der Waals surface area contributed by atoms with Crippen LogP contribution in [0.1, 0.15) is 50.7 Å². The van der Waals surface area contributed by atoms with E-state index in [1.54, 1.807) is 5.56 Å². The SMILES string of the molecule is CC(C)N1CCN(C2CCC(Cc3ccccc3)(c3ccccc3)CC2)CC1. The highest BCUT2D eigenvalue weighted by Crippen LogP contribution is 2.43. The zero-order valence-electron chi connectivity index (χ0n) is 17.7. The molecular weight excluding hydrogens is 340 g/mol. The van der Waals surface area contributed by atoms with Gasteiger partial charge in [0.05, 0.1) is 0 Å². The third-order valence-electron chi connectivity index (χ3n) is 7.28. The Morgan fingerprint density at radius 2 is 1.39 bits per heavy atom. The van der Waals surface area contributed by atoms with Crippen molar-refractivity contribution in [2.24, 2.45) is 0 Å². The summed E-state index contributed by atoms with van der Waals surface area (Å²) in [5.41, 5.74) is 3.33. The highest BCUT2D eigenvalue weighted by atomic mass is 15.3. The van der Waals surface area contributed by atoms with Crippen molar-refractivity contribution in [2.75, 3.05) is 26.2 Å². The Morgan fingerprint density at radius 3 is 1.96 bits per heavy atom. The second-order valence-corrected chi connectivity index (χ2v) is 9.21. The molecule has 2 heteroatoms. The molecule has 2 fully saturated rings. The van der Waals surface area contributed by atoms with Crippen molar-refractivity contribution in [3.63, 3.8) is 0 Å². The van der Waals surface area contributed by atoms with E-state index in [2.05, 4.69) is 84.3 Å². The minimum atomic E-state index is 0.304. The van der Waals surface area contributed by atoms with Gasteiger partial charge >= 0.3 is 0 Å². The van der Waals surface area contributed by atoms with Gasteiger partial charge in [-0.1, -0.05) is 60.7 Å². The molecule has 1 aliphatic heterocycles. The molecule has 150 valence electrons.